The molecule has 0 fully saturated rings. The summed E-state index contributed by atoms with van der Waals surface area (Å²) in [5.41, 5.74) is 1.46. The van der Waals surface area contributed by atoms with E-state index in [0.29, 0.717) is 42.0 Å². The SMILES string of the molecule is CCNc1nnc(CCC(=O)CN2Cc3ccc(Cl)cc3C2=O)o1. The number of halogens is 1. The second kappa shape index (κ2) is 7.00. The summed E-state index contributed by atoms with van der Waals surface area (Å²) in [6.45, 7) is 3.11. The van der Waals surface area contributed by atoms with Crippen molar-refractivity contribution in [2.24, 2.45) is 0 Å². The number of amides is 1. The zero-order chi connectivity index (χ0) is 17.1. The Kier molecular flexibility index (Phi) is 4.80. The number of hydrogen-bond donors (Lipinski definition) is 1. The molecule has 1 aromatic heterocycles. The van der Waals surface area contributed by atoms with Crippen molar-refractivity contribution in [2.45, 2.75) is 26.3 Å². The molecule has 0 bridgehead atoms. The predicted molar refractivity (Wildman–Crippen MR) is 88.0 cm³/mol. The van der Waals surface area contributed by atoms with E-state index in [1.807, 2.05) is 13.0 Å². The first-order valence-corrected chi connectivity index (χ1v) is 8.10. The van der Waals surface area contributed by atoms with Crippen LogP contribution in [0, 0.1) is 0 Å². The molecule has 0 saturated heterocycles. The number of ketones is 1. The van der Waals surface area contributed by atoms with Crippen molar-refractivity contribution in [2.75, 3.05) is 18.4 Å². The topological polar surface area (TPSA) is 88.3 Å². The number of fused-ring (bicyclic) bond motifs is 1. The Labute approximate surface area is 144 Å². The van der Waals surface area contributed by atoms with Crippen LogP contribution in [0.2, 0.25) is 5.02 Å². The van der Waals surface area contributed by atoms with Crippen LogP contribution in [0.5, 0.6) is 0 Å². The highest BCUT2D eigenvalue weighted by Crippen LogP contribution is 2.25. The molecule has 126 valence electrons. The number of hydrogen-bond acceptors (Lipinski definition) is 6. The number of carbonyl (C=O) groups is 2. The Morgan fingerprint density at radius 3 is 3.04 bits per heavy atom. The maximum atomic E-state index is 12.3. The summed E-state index contributed by atoms with van der Waals surface area (Å²) in [5, 5.41) is 11.1. The molecule has 1 amide bonds. The smallest absolute Gasteiger partial charge is 0.315 e. The minimum atomic E-state index is -0.159. The van der Waals surface area contributed by atoms with Gasteiger partial charge in [0.05, 0.1) is 6.54 Å². The van der Waals surface area contributed by atoms with E-state index >= 15 is 0 Å². The van der Waals surface area contributed by atoms with Crippen LogP contribution >= 0.6 is 11.6 Å². The van der Waals surface area contributed by atoms with Crippen molar-refractivity contribution in [3.05, 3.63) is 40.2 Å². The Morgan fingerprint density at radius 1 is 1.42 bits per heavy atom. The molecule has 1 N–H and O–H groups in total. The van der Waals surface area contributed by atoms with Crippen LogP contribution in [0.1, 0.15) is 35.2 Å². The summed E-state index contributed by atoms with van der Waals surface area (Å²) in [4.78, 5) is 26.0. The van der Waals surface area contributed by atoms with Crippen LogP contribution in [0.15, 0.2) is 22.6 Å². The fourth-order valence-corrected chi connectivity index (χ4v) is 2.75. The highest BCUT2D eigenvalue weighted by molar-refractivity contribution is 6.31. The van der Waals surface area contributed by atoms with E-state index in [1.54, 1.807) is 12.1 Å². The molecule has 2 heterocycles. The van der Waals surface area contributed by atoms with E-state index in [1.165, 1.54) is 4.90 Å². The Balaban J connectivity index is 1.53. The van der Waals surface area contributed by atoms with Crippen LogP contribution < -0.4 is 5.32 Å². The van der Waals surface area contributed by atoms with Gasteiger partial charge in [-0.05, 0) is 24.6 Å². The van der Waals surface area contributed by atoms with Crippen LogP contribution in [0.4, 0.5) is 6.01 Å². The van der Waals surface area contributed by atoms with Crippen molar-refractivity contribution < 1.29 is 14.0 Å². The van der Waals surface area contributed by atoms with Gasteiger partial charge in [-0.25, -0.2) is 0 Å². The van der Waals surface area contributed by atoms with E-state index in [4.69, 9.17) is 16.0 Å². The van der Waals surface area contributed by atoms with Crippen LogP contribution in [0.3, 0.4) is 0 Å². The first kappa shape index (κ1) is 16.4. The van der Waals surface area contributed by atoms with Gasteiger partial charge in [0.25, 0.3) is 5.91 Å². The molecule has 24 heavy (non-hydrogen) atoms. The van der Waals surface area contributed by atoms with Crippen LogP contribution in [-0.4, -0.2) is 39.9 Å². The summed E-state index contributed by atoms with van der Waals surface area (Å²) in [6, 6.07) is 5.56. The first-order chi connectivity index (χ1) is 11.6. The average Bonchev–Trinajstić information content (AvgIpc) is 3.12. The van der Waals surface area contributed by atoms with E-state index in [-0.39, 0.29) is 24.7 Å². The van der Waals surface area contributed by atoms with Crippen molar-refractivity contribution in [3.8, 4) is 0 Å². The molecule has 7 nitrogen and oxygen atoms in total. The number of nitrogens with one attached hydrogen (secondary N) is 1. The van der Waals surface area contributed by atoms with Gasteiger partial charge in [-0.3, -0.25) is 9.59 Å². The highest BCUT2D eigenvalue weighted by atomic mass is 35.5. The van der Waals surface area contributed by atoms with Gasteiger partial charge < -0.3 is 14.6 Å². The third-order valence-corrected chi connectivity index (χ3v) is 3.97. The van der Waals surface area contributed by atoms with E-state index in [2.05, 4.69) is 15.5 Å². The highest BCUT2D eigenvalue weighted by Gasteiger charge is 2.28. The van der Waals surface area contributed by atoms with E-state index in [9.17, 15) is 9.59 Å². The molecule has 0 unspecified atom stereocenters. The minimum absolute atomic E-state index is 0.0505. The average molecular weight is 349 g/mol. The van der Waals surface area contributed by atoms with Crippen molar-refractivity contribution >= 4 is 29.3 Å². The van der Waals surface area contributed by atoms with E-state index in [0.717, 1.165) is 5.56 Å². The standard InChI is InChI=1S/C16H17ClN4O3/c1-2-18-16-20-19-14(24-16)6-5-12(22)9-21-8-10-3-4-11(17)7-13(10)15(21)23/h3-4,7H,2,5-6,8-9H2,1H3,(H,18,20). The summed E-state index contributed by atoms with van der Waals surface area (Å²) in [6.07, 6.45) is 0.604. The molecular weight excluding hydrogens is 332 g/mol. The molecule has 2 aromatic rings. The van der Waals surface area contributed by atoms with Crippen molar-refractivity contribution in [1.82, 2.24) is 15.1 Å². The fourth-order valence-electron chi connectivity index (χ4n) is 2.58. The molecule has 0 aliphatic carbocycles. The van der Waals surface area contributed by atoms with Gasteiger partial charge in [-0.15, -0.1) is 5.10 Å². The quantitative estimate of drug-likeness (QED) is 0.826. The normalized spacial score (nSPS) is 13.2. The zero-order valence-corrected chi connectivity index (χ0v) is 14.0. The molecule has 3 rings (SSSR count). The molecule has 8 heteroatoms. The minimum Gasteiger partial charge on any atom is -0.408 e. The van der Waals surface area contributed by atoms with Gasteiger partial charge in [0.1, 0.15) is 0 Å². The van der Waals surface area contributed by atoms with Gasteiger partial charge in [0.2, 0.25) is 5.89 Å². The van der Waals surface area contributed by atoms with Gasteiger partial charge in [-0.1, -0.05) is 22.8 Å². The Morgan fingerprint density at radius 2 is 2.25 bits per heavy atom. The molecule has 1 aromatic carbocycles. The fraction of sp³-hybridized carbons (Fsp3) is 0.375. The van der Waals surface area contributed by atoms with Gasteiger partial charge in [-0.2, -0.15) is 0 Å². The number of aryl methyl sites for hydroxylation is 1. The Hall–Kier alpha value is -2.41. The first-order valence-electron chi connectivity index (χ1n) is 7.72. The van der Waals surface area contributed by atoms with Gasteiger partial charge in [0, 0.05) is 36.5 Å². The second-order valence-corrected chi connectivity index (χ2v) is 5.97. The molecule has 0 spiro atoms. The number of aromatic nitrogens is 2. The third-order valence-electron chi connectivity index (χ3n) is 3.73. The summed E-state index contributed by atoms with van der Waals surface area (Å²) >= 11 is 5.92. The number of carbonyl (C=O) groups excluding carboxylic acids is 2. The lowest BCUT2D eigenvalue weighted by molar-refractivity contribution is -0.119. The number of anilines is 1. The second-order valence-electron chi connectivity index (χ2n) is 5.53. The summed E-state index contributed by atoms with van der Waals surface area (Å²) in [5.74, 6) is 0.195. The number of Topliss-reactive ketones (excluding diaryl/α,β-unsaturated/α-hetero) is 1. The molecule has 0 saturated carbocycles. The lowest BCUT2D eigenvalue weighted by Gasteiger charge is -2.14. The summed E-state index contributed by atoms with van der Waals surface area (Å²) in [7, 11) is 0. The number of nitrogens with zero attached hydrogens (tertiary/aromatic N) is 3. The van der Waals surface area contributed by atoms with Gasteiger partial charge in [0.15, 0.2) is 5.78 Å². The molecule has 1 aliphatic heterocycles. The third kappa shape index (κ3) is 3.56. The van der Waals surface area contributed by atoms with Crippen molar-refractivity contribution in [1.29, 1.82) is 0 Å². The number of benzene rings is 1. The molecule has 0 radical (unpaired) electrons. The predicted octanol–water partition coefficient (Wildman–Crippen LogP) is 2.31. The lowest BCUT2D eigenvalue weighted by Crippen LogP contribution is -2.30. The maximum Gasteiger partial charge on any atom is 0.315 e. The monoisotopic (exact) mass is 348 g/mol. The maximum absolute atomic E-state index is 12.3. The zero-order valence-electron chi connectivity index (χ0n) is 13.2. The largest absolute Gasteiger partial charge is 0.408 e. The van der Waals surface area contributed by atoms with Crippen LogP contribution in [0.25, 0.3) is 0 Å². The molecule has 0 atom stereocenters. The Bertz CT molecular complexity index is 774. The molecule has 1 aliphatic rings. The number of rotatable bonds is 7. The lowest BCUT2D eigenvalue weighted by atomic mass is 10.1. The van der Waals surface area contributed by atoms with Crippen molar-refractivity contribution in [3.63, 3.8) is 0 Å². The molecular formula is C16H17ClN4O3. The van der Waals surface area contributed by atoms with Crippen LogP contribution in [-0.2, 0) is 17.8 Å². The summed E-state index contributed by atoms with van der Waals surface area (Å²) < 4.78 is 5.35. The van der Waals surface area contributed by atoms with Gasteiger partial charge >= 0.3 is 6.01 Å². The van der Waals surface area contributed by atoms with E-state index < -0.39 is 0 Å².